The fourth-order valence-corrected chi connectivity index (χ4v) is 5.49. The molecule has 1 N–H and O–H groups in total. The molecule has 3 rings (SSSR count). The molecule has 2 aromatic carbocycles. The van der Waals surface area contributed by atoms with Gasteiger partial charge in [0.05, 0.1) is 6.04 Å². The second-order valence-electron chi connectivity index (χ2n) is 4.73. The van der Waals surface area contributed by atoms with Crippen molar-refractivity contribution in [2.75, 3.05) is 7.05 Å². The second-order valence-corrected chi connectivity index (χ2v) is 8.30. The highest BCUT2D eigenvalue weighted by Crippen LogP contribution is 2.38. The first kappa shape index (κ1) is 15.7. The van der Waals surface area contributed by atoms with Crippen LogP contribution in [0.3, 0.4) is 0 Å². The van der Waals surface area contributed by atoms with Gasteiger partial charge in [0.2, 0.25) is 0 Å². The fraction of sp³-hybridized carbons (Fsp3) is 0.125. The zero-order valence-electron chi connectivity index (χ0n) is 11.2. The van der Waals surface area contributed by atoms with Gasteiger partial charge in [-0.15, -0.1) is 11.3 Å². The minimum absolute atomic E-state index is 0.168. The lowest BCUT2D eigenvalue weighted by molar-refractivity contribution is 0.698. The summed E-state index contributed by atoms with van der Waals surface area (Å²) in [5, 5.41) is 6.97. The molecule has 0 fully saturated rings. The lowest BCUT2D eigenvalue weighted by Crippen LogP contribution is -2.17. The van der Waals surface area contributed by atoms with Gasteiger partial charge in [0, 0.05) is 18.1 Å². The number of rotatable bonds is 3. The smallest absolute Gasteiger partial charge is 0.0589 e. The maximum Gasteiger partial charge on any atom is 0.0589 e. The summed E-state index contributed by atoms with van der Waals surface area (Å²) in [7, 11) is 2.00. The minimum Gasteiger partial charge on any atom is -0.309 e. The molecule has 1 atom stereocenters. The molecule has 0 aliphatic rings. The van der Waals surface area contributed by atoms with Crippen molar-refractivity contribution in [3.05, 3.63) is 66.3 Å². The first-order chi connectivity index (χ1) is 10.1. The van der Waals surface area contributed by atoms with E-state index in [4.69, 9.17) is 0 Å². The highest BCUT2D eigenvalue weighted by Gasteiger charge is 2.18. The standard InChI is InChI=1S/C16H12Br3NS/c1-20-15(9-5-10(17)7-11(18)6-9)13-8-21-16-12(13)3-2-4-14(16)19/h2-8,15,20H,1H3. The molecule has 0 aliphatic heterocycles. The molecule has 3 aromatic rings. The van der Waals surface area contributed by atoms with Gasteiger partial charge in [-0.25, -0.2) is 0 Å². The number of nitrogens with one attached hydrogen (secondary N) is 1. The number of benzene rings is 2. The number of fused-ring (bicyclic) bond motifs is 1. The van der Waals surface area contributed by atoms with Gasteiger partial charge in [0.1, 0.15) is 0 Å². The van der Waals surface area contributed by atoms with E-state index in [0.29, 0.717) is 0 Å². The number of halogens is 3. The summed E-state index contributed by atoms with van der Waals surface area (Å²) in [6.45, 7) is 0. The third kappa shape index (κ3) is 3.13. The lowest BCUT2D eigenvalue weighted by Gasteiger charge is -2.17. The van der Waals surface area contributed by atoms with E-state index in [-0.39, 0.29) is 6.04 Å². The Morgan fingerprint density at radius 1 is 1.05 bits per heavy atom. The van der Waals surface area contributed by atoms with Gasteiger partial charge in [-0.1, -0.05) is 44.0 Å². The van der Waals surface area contributed by atoms with Crippen LogP contribution >= 0.6 is 59.1 Å². The van der Waals surface area contributed by atoms with Crippen LogP contribution in [0.15, 0.2) is 55.2 Å². The van der Waals surface area contributed by atoms with Gasteiger partial charge in [-0.05, 0) is 69.1 Å². The topological polar surface area (TPSA) is 12.0 Å². The van der Waals surface area contributed by atoms with Crippen LogP contribution in [0, 0.1) is 0 Å². The van der Waals surface area contributed by atoms with E-state index >= 15 is 0 Å². The van der Waals surface area contributed by atoms with Gasteiger partial charge in [-0.2, -0.15) is 0 Å². The first-order valence-corrected chi connectivity index (χ1v) is 9.65. The van der Waals surface area contributed by atoms with Crippen LogP contribution in [0.25, 0.3) is 10.1 Å². The third-order valence-corrected chi connectivity index (χ3v) is 6.29. The van der Waals surface area contributed by atoms with Gasteiger partial charge >= 0.3 is 0 Å². The molecule has 0 amide bonds. The maximum absolute atomic E-state index is 3.64. The van der Waals surface area contributed by atoms with Crippen molar-refractivity contribution in [3.63, 3.8) is 0 Å². The predicted molar refractivity (Wildman–Crippen MR) is 102 cm³/mol. The lowest BCUT2D eigenvalue weighted by atomic mass is 9.98. The van der Waals surface area contributed by atoms with E-state index in [1.807, 2.05) is 7.05 Å². The summed E-state index contributed by atoms with van der Waals surface area (Å²) < 4.78 is 4.60. The Labute approximate surface area is 153 Å². The van der Waals surface area contributed by atoms with Crippen molar-refractivity contribution in [2.24, 2.45) is 0 Å². The van der Waals surface area contributed by atoms with Crippen molar-refractivity contribution in [1.29, 1.82) is 0 Å². The van der Waals surface area contributed by atoms with E-state index in [1.54, 1.807) is 11.3 Å². The maximum atomic E-state index is 3.64. The normalized spacial score (nSPS) is 12.8. The first-order valence-electron chi connectivity index (χ1n) is 6.39. The Morgan fingerprint density at radius 3 is 2.43 bits per heavy atom. The molecule has 0 spiro atoms. The number of hydrogen-bond donors (Lipinski definition) is 1. The summed E-state index contributed by atoms with van der Waals surface area (Å²) in [5.41, 5.74) is 2.54. The summed E-state index contributed by atoms with van der Waals surface area (Å²) in [6.07, 6.45) is 0. The van der Waals surface area contributed by atoms with Gasteiger partial charge in [-0.3, -0.25) is 0 Å². The van der Waals surface area contributed by atoms with Crippen LogP contribution < -0.4 is 5.32 Å². The Bertz CT molecular complexity index is 777. The van der Waals surface area contributed by atoms with Gasteiger partial charge < -0.3 is 5.32 Å². The van der Waals surface area contributed by atoms with Crippen molar-refractivity contribution in [3.8, 4) is 0 Å². The zero-order chi connectivity index (χ0) is 15.0. The van der Waals surface area contributed by atoms with E-state index < -0.39 is 0 Å². The zero-order valence-corrected chi connectivity index (χ0v) is 16.7. The summed E-state index contributed by atoms with van der Waals surface area (Å²) in [6, 6.07) is 12.9. The molecule has 1 aromatic heterocycles. The number of thiophene rings is 1. The molecular weight excluding hydrogens is 478 g/mol. The second kappa shape index (κ2) is 6.50. The van der Waals surface area contributed by atoms with Crippen LogP contribution in [-0.2, 0) is 0 Å². The Balaban J connectivity index is 2.16. The van der Waals surface area contributed by atoms with Crippen LogP contribution in [0.1, 0.15) is 17.2 Å². The van der Waals surface area contributed by atoms with Crippen molar-refractivity contribution in [2.45, 2.75) is 6.04 Å². The quantitative estimate of drug-likeness (QED) is 0.443. The molecule has 0 radical (unpaired) electrons. The summed E-state index contributed by atoms with van der Waals surface area (Å²) in [4.78, 5) is 0. The largest absolute Gasteiger partial charge is 0.309 e. The fourth-order valence-electron chi connectivity index (χ4n) is 2.51. The average molecular weight is 490 g/mol. The van der Waals surface area contributed by atoms with Crippen LogP contribution in [-0.4, -0.2) is 7.05 Å². The monoisotopic (exact) mass is 487 g/mol. The SMILES string of the molecule is CNC(c1cc(Br)cc(Br)c1)c1csc2c(Br)cccc12. The third-order valence-electron chi connectivity index (χ3n) is 3.40. The number of hydrogen-bond acceptors (Lipinski definition) is 2. The predicted octanol–water partition coefficient (Wildman–Crippen LogP) is 6.50. The molecular formula is C16H12Br3NS. The molecule has 0 bridgehead atoms. The van der Waals surface area contributed by atoms with E-state index in [9.17, 15) is 0 Å². The van der Waals surface area contributed by atoms with Crippen LogP contribution in [0.2, 0.25) is 0 Å². The van der Waals surface area contributed by atoms with Gasteiger partial charge in [0.15, 0.2) is 0 Å². The highest BCUT2D eigenvalue weighted by atomic mass is 79.9. The highest BCUT2D eigenvalue weighted by molar-refractivity contribution is 9.11. The molecule has 0 aliphatic carbocycles. The average Bonchev–Trinajstić information content (AvgIpc) is 2.84. The Morgan fingerprint density at radius 2 is 1.76 bits per heavy atom. The summed E-state index contributed by atoms with van der Waals surface area (Å²) >= 11 is 12.6. The molecule has 108 valence electrons. The molecule has 21 heavy (non-hydrogen) atoms. The Kier molecular flexibility index (Phi) is 4.86. The molecule has 5 heteroatoms. The van der Waals surface area contributed by atoms with Crippen LogP contribution in [0.5, 0.6) is 0 Å². The molecule has 1 nitrogen and oxygen atoms in total. The van der Waals surface area contributed by atoms with Gasteiger partial charge in [0.25, 0.3) is 0 Å². The van der Waals surface area contributed by atoms with Crippen molar-refractivity contribution < 1.29 is 0 Å². The molecule has 0 saturated carbocycles. The van der Waals surface area contributed by atoms with Crippen molar-refractivity contribution >= 4 is 69.2 Å². The minimum atomic E-state index is 0.168. The van der Waals surface area contributed by atoms with E-state index in [1.165, 1.54) is 21.2 Å². The van der Waals surface area contributed by atoms with Crippen molar-refractivity contribution in [1.82, 2.24) is 5.32 Å². The van der Waals surface area contributed by atoms with E-state index in [2.05, 4.69) is 94.9 Å². The molecule has 1 unspecified atom stereocenters. The Hall–Kier alpha value is -0.200. The summed E-state index contributed by atoms with van der Waals surface area (Å²) in [5.74, 6) is 0. The van der Waals surface area contributed by atoms with E-state index in [0.717, 1.165) is 13.4 Å². The molecule has 0 saturated heterocycles. The van der Waals surface area contributed by atoms with Crippen LogP contribution in [0.4, 0.5) is 0 Å². The molecule has 1 heterocycles.